The molecule has 0 bridgehead atoms. The van der Waals surface area contributed by atoms with E-state index in [1.165, 1.54) is 238 Å². The predicted molar refractivity (Wildman–Crippen MR) is 428 cm³/mol. The van der Waals surface area contributed by atoms with Gasteiger partial charge in [-0.3, -0.25) is 9.59 Å². The number of aliphatic carboxylic acids is 1. The van der Waals surface area contributed by atoms with Crippen molar-refractivity contribution < 1.29 is 42.9 Å². The Hall–Kier alpha value is -4.31. The lowest BCUT2D eigenvalue weighted by molar-refractivity contribution is -0.870. The first-order valence-corrected chi connectivity index (χ1v) is 41.7. The largest absolute Gasteiger partial charge is 0.477 e. The summed E-state index contributed by atoms with van der Waals surface area (Å²) in [6.07, 6.45) is 111. The van der Waals surface area contributed by atoms with Gasteiger partial charge in [-0.1, -0.05) is 373 Å². The van der Waals surface area contributed by atoms with Crippen LogP contribution in [0.25, 0.3) is 0 Å². The summed E-state index contributed by atoms with van der Waals surface area (Å²) in [4.78, 5) is 37.8. The van der Waals surface area contributed by atoms with Gasteiger partial charge >= 0.3 is 17.9 Å². The van der Waals surface area contributed by atoms with E-state index in [9.17, 15) is 19.5 Å². The molecule has 9 heteroatoms. The third-order valence-corrected chi connectivity index (χ3v) is 18.2. The van der Waals surface area contributed by atoms with E-state index in [2.05, 4.69) is 135 Å². The third kappa shape index (κ3) is 80.9. The van der Waals surface area contributed by atoms with E-state index >= 15 is 0 Å². The molecule has 0 radical (unpaired) electrons. The Kier molecular flexibility index (Phi) is 75.9. The number of nitrogens with zero attached hydrogens (tertiary/aromatic N) is 1. The third-order valence-electron chi connectivity index (χ3n) is 18.2. The molecule has 0 aromatic carbocycles. The number of esters is 2. The molecule has 0 fully saturated rings. The first kappa shape index (κ1) is 94.7. The highest BCUT2D eigenvalue weighted by atomic mass is 16.7. The molecule has 2 unspecified atom stereocenters. The summed E-state index contributed by atoms with van der Waals surface area (Å²) >= 11 is 0. The van der Waals surface area contributed by atoms with Crippen molar-refractivity contribution in [1.29, 1.82) is 0 Å². The van der Waals surface area contributed by atoms with Gasteiger partial charge in [-0.15, -0.1) is 0 Å². The Morgan fingerprint density at radius 3 is 0.869 bits per heavy atom. The van der Waals surface area contributed by atoms with E-state index < -0.39 is 24.3 Å². The summed E-state index contributed by atoms with van der Waals surface area (Å²) in [6.45, 7) is 4.80. The van der Waals surface area contributed by atoms with E-state index in [0.717, 1.165) is 103 Å². The molecule has 0 rings (SSSR count). The Balaban J connectivity index is 4.03. The number of allylic oxidation sites excluding steroid dienone is 20. The van der Waals surface area contributed by atoms with Gasteiger partial charge in [0.2, 0.25) is 0 Å². The predicted octanol–water partition coefficient (Wildman–Crippen LogP) is 27.0. The van der Waals surface area contributed by atoms with Crippen molar-refractivity contribution in [3.05, 3.63) is 122 Å². The Labute approximate surface area is 612 Å². The molecule has 9 nitrogen and oxygen atoms in total. The van der Waals surface area contributed by atoms with E-state index in [1.807, 2.05) is 21.1 Å². The number of ether oxygens (including phenoxy) is 4. The van der Waals surface area contributed by atoms with Gasteiger partial charge in [-0.2, -0.15) is 0 Å². The van der Waals surface area contributed by atoms with Gasteiger partial charge in [0.05, 0.1) is 34.4 Å². The lowest BCUT2D eigenvalue weighted by atomic mass is 10.0. The summed E-state index contributed by atoms with van der Waals surface area (Å²) in [5.41, 5.74) is 0. The van der Waals surface area contributed by atoms with Crippen LogP contribution in [0.5, 0.6) is 0 Å². The maximum absolute atomic E-state index is 13.0. The fourth-order valence-electron chi connectivity index (χ4n) is 11.9. The van der Waals surface area contributed by atoms with Gasteiger partial charge < -0.3 is 28.5 Å². The molecule has 570 valence electrons. The fraction of sp³-hybridized carbons (Fsp3) is 0.744. The second kappa shape index (κ2) is 79.4. The van der Waals surface area contributed by atoms with Crippen LogP contribution in [0.3, 0.4) is 0 Å². The number of likely N-dealkylation sites (N-methyl/N-ethyl adjacent to an activating group) is 1. The van der Waals surface area contributed by atoms with Crippen LogP contribution in [0.4, 0.5) is 0 Å². The Morgan fingerprint density at radius 2 is 0.576 bits per heavy atom. The molecule has 0 spiro atoms. The summed E-state index contributed by atoms with van der Waals surface area (Å²) in [7, 11) is 5.99. The minimum absolute atomic E-state index is 0.184. The van der Waals surface area contributed by atoms with Gasteiger partial charge in [0.1, 0.15) is 13.2 Å². The van der Waals surface area contributed by atoms with Gasteiger partial charge in [0.15, 0.2) is 6.10 Å². The molecule has 0 saturated carbocycles. The second-order valence-electron chi connectivity index (χ2n) is 29.1. The number of carboxylic acids is 1. The first-order valence-electron chi connectivity index (χ1n) is 41.7. The van der Waals surface area contributed by atoms with Gasteiger partial charge in [-0.05, 0) is 109 Å². The zero-order chi connectivity index (χ0) is 71.8. The zero-order valence-electron chi connectivity index (χ0n) is 65.4. The first-order chi connectivity index (χ1) is 48.6. The van der Waals surface area contributed by atoms with E-state index in [-0.39, 0.29) is 32.2 Å². The second-order valence-corrected chi connectivity index (χ2v) is 29.1. The smallest absolute Gasteiger partial charge is 0.361 e. The molecule has 0 aromatic heterocycles. The minimum atomic E-state index is -1.52. The van der Waals surface area contributed by atoms with Crippen molar-refractivity contribution in [3.63, 3.8) is 0 Å². The molecule has 0 aromatic rings. The van der Waals surface area contributed by atoms with Crippen LogP contribution in [0.2, 0.25) is 0 Å². The zero-order valence-corrected chi connectivity index (χ0v) is 65.4. The van der Waals surface area contributed by atoms with Crippen LogP contribution in [0.15, 0.2) is 122 Å². The summed E-state index contributed by atoms with van der Waals surface area (Å²) < 4.78 is 23.1. The highest BCUT2D eigenvalue weighted by Gasteiger charge is 2.25. The van der Waals surface area contributed by atoms with E-state index in [0.29, 0.717) is 23.9 Å². The highest BCUT2D eigenvalue weighted by molar-refractivity contribution is 5.71. The number of carbonyl (C=O) groups is 3. The van der Waals surface area contributed by atoms with Crippen molar-refractivity contribution in [2.45, 2.75) is 386 Å². The maximum atomic E-state index is 13.0. The summed E-state index contributed by atoms with van der Waals surface area (Å²) in [5, 5.41) is 9.78. The normalized spacial score (nSPS) is 13.3. The van der Waals surface area contributed by atoms with E-state index in [1.54, 1.807) is 0 Å². The fourth-order valence-corrected chi connectivity index (χ4v) is 11.9. The molecule has 0 aliphatic carbocycles. The van der Waals surface area contributed by atoms with Crippen LogP contribution >= 0.6 is 0 Å². The number of quaternary nitrogens is 1. The minimum Gasteiger partial charge on any atom is -0.477 e. The van der Waals surface area contributed by atoms with Gasteiger partial charge in [0, 0.05) is 12.8 Å². The molecule has 0 amide bonds. The Bertz CT molecular complexity index is 2050. The maximum Gasteiger partial charge on any atom is 0.361 e. The quantitative estimate of drug-likeness (QED) is 0.0211. The molecule has 0 heterocycles. The number of carbonyl (C=O) groups excluding carboxylic acids is 2. The van der Waals surface area contributed by atoms with Crippen molar-refractivity contribution in [2.24, 2.45) is 0 Å². The lowest BCUT2D eigenvalue weighted by Gasteiger charge is -2.25. The molecule has 1 N–H and O–H groups in total. The standard InChI is InChI=1S/C90H157NO8/c1-6-8-10-12-14-16-18-20-22-24-26-28-30-32-34-36-38-40-42-43-44-45-47-49-51-53-55-57-59-61-63-65-67-69-71-73-75-77-79-81-88(93)99-86(85-98-90(89(94)95)96-83-82-91(3,4)5)84-97-87(92)80-78-76-74-72-70-68-66-64-62-60-58-56-54-52-50-48-46-41-39-37-35-33-31-29-27-25-23-21-19-17-15-13-11-9-7-2/h8,10,14,16,20,22,25-28,32,34,38,40,43-44,47,49,53,55,86,90H,6-7,9,11-13,15,17-19,21,23-24,29-31,33,35-37,39,41-42,45-46,48,50-52,54,56-85H2,1-5H3/p+1/b10-8-,16-14-,22-20-,27-25-,28-26-,34-32-,40-38-,44-43-,49-47-,55-53-. The average Bonchev–Trinajstić information content (AvgIpc) is 1.14. The van der Waals surface area contributed by atoms with Crippen molar-refractivity contribution in [2.75, 3.05) is 47.5 Å². The van der Waals surface area contributed by atoms with Gasteiger partial charge in [0.25, 0.3) is 6.29 Å². The summed E-state index contributed by atoms with van der Waals surface area (Å²) in [6, 6.07) is 0. The highest BCUT2D eigenvalue weighted by Crippen LogP contribution is 2.19. The number of unbranched alkanes of at least 4 members (excludes halogenated alkanes) is 42. The number of hydrogen-bond donors (Lipinski definition) is 1. The van der Waals surface area contributed by atoms with Crippen LogP contribution in [-0.2, 0) is 33.3 Å². The molecule has 2 atom stereocenters. The Morgan fingerprint density at radius 1 is 0.313 bits per heavy atom. The van der Waals surface area contributed by atoms with E-state index in [4.69, 9.17) is 18.9 Å². The average molecular weight is 1380 g/mol. The van der Waals surface area contributed by atoms with Crippen molar-refractivity contribution >= 4 is 17.9 Å². The SMILES string of the molecule is CC/C=C\C/C=C\C/C=C\C/C=C\C/C=C\C/C=C\C/C=C\C/C=C\C/C=C\CCCCCCCCCCCCCC(=O)OC(COC(=O)CCCCCCCCCCCCCCCCCCCCCCCCC/C=C\CCCCCCCCCC)COC(OCC[N+](C)(C)C)C(=O)O. The van der Waals surface area contributed by atoms with Crippen LogP contribution in [0, 0.1) is 0 Å². The molecular weight excluding hydrogens is 1220 g/mol. The number of carboxylic acid groups (broad SMARTS) is 1. The molecular formula is C90H158NO8+. The molecule has 99 heavy (non-hydrogen) atoms. The lowest BCUT2D eigenvalue weighted by Crippen LogP contribution is -2.40. The topological polar surface area (TPSA) is 108 Å². The van der Waals surface area contributed by atoms with Crippen LogP contribution in [0.1, 0.15) is 373 Å². The molecule has 0 saturated heterocycles. The monoisotopic (exact) mass is 1380 g/mol. The number of hydrogen-bond acceptors (Lipinski definition) is 7. The number of rotatable bonds is 77. The molecule has 0 aliphatic rings. The van der Waals surface area contributed by atoms with Gasteiger partial charge in [-0.25, -0.2) is 4.79 Å². The van der Waals surface area contributed by atoms with Crippen LogP contribution < -0.4 is 0 Å². The van der Waals surface area contributed by atoms with Crippen molar-refractivity contribution in [3.8, 4) is 0 Å². The summed E-state index contributed by atoms with van der Waals surface area (Å²) in [5.74, 6) is -2.00. The van der Waals surface area contributed by atoms with Crippen molar-refractivity contribution in [1.82, 2.24) is 0 Å². The van der Waals surface area contributed by atoms with Crippen LogP contribution in [-0.4, -0.2) is 87.4 Å². The molecule has 0 aliphatic heterocycles.